The number of benzene rings is 2. The van der Waals surface area contributed by atoms with E-state index < -0.39 is 0 Å². The average Bonchev–Trinajstić information content (AvgIpc) is 2.50. The number of carbonyl (C=O) groups is 1. The summed E-state index contributed by atoms with van der Waals surface area (Å²) in [6.45, 7) is 0.0762. The molecule has 23 heavy (non-hydrogen) atoms. The summed E-state index contributed by atoms with van der Waals surface area (Å²) in [5.74, 6) is 2.51. The third kappa shape index (κ3) is 2.23. The van der Waals surface area contributed by atoms with Crippen molar-refractivity contribution in [2.45, 2.75) is 31.6 Å². The molecule has 0 saturated heterocycles. The van der Waals surface area contributed by atoms with Gasteiger partial charge in [0.15, 0.2) is 6.61 Å². The van der Waals surface area contributed by atoms with Crippen molar-refractivity contribution in [2.24, 2.45) is 11.3 Å². The second kappa shape index (κ2) is 5.42. The van der Waals surface area contributed by atoms with Gasteiger partial charge in [-0.25, -0.2) is 0 Å². The zero-order chi connectivity index (χ0) is 15.9. The zero-order valence-electron chi connectivity index (χ0n) is 13.1. The lowest BCUT2D eigenvalue weighted by Crippen LogP contribution is -2.53. The maximum Gasteiger partial charge on any atom is 0.310 e. The molecular weight excluding hydrogens is 284 g/mol. The van der Waals surface area contributed by atoms with Gasteiger partial charge in [-0.2, -0.15) is 0 Å². The van der Waals surface area contributed by atoms with Crippen LogP contribution < -0.4 is 0 Å². The van der Waals surface area contributed by atoms with Gasteiger partial charge in [0.1, 0.15) is 0 Å². The number of fused-ring (bicyclic) bond motifs is 1. The van der Waals surface area contributed by atoms with Crippen molar-refractivity contribution in [1.82, 2.24) is 0 Å². The molecule has 0 amide bonds. The van der Waals surface area contributed by atoms with Gasteiger partial charge in [-0.05, 0) is 41.0 Å². The van der Waals surface area contributed by atoms with E-state index in [4.69, 9.17) is 11.2 Å². The van der Waals surface area contributed by atoms with E-state index in [0.29, 0.717) is 5.41 Å². The van der Waals surface area contributed by atoms with Gasteiger partial charge in [0, 0.05) is 5.92 Å². The van der Waals surface area contributed by atoms with Crippen molar-refractivity contribution in [2.75, 3.05) is 6.61 Å². The lowest BCUT2D eigenvalue weighted by atomic mass is 9.44. The predicted octanol–water partition coefficient (Wildman–Crippen LogP) is 4.29. The first-order valence-electron chi connectivity index (χ1n) is 8.32. The van der Waals surface area contributed by atoms with Crippen LogP contribution in [0.5, 0.6) is 0 Å². The molecule has 0 bridgehead atoms. The molecule has 2 heteroatoms. The molecule has 0 heterocycles. The molecule has 2 aromatic carbocycles. The summed E-state index contributed by atoms with van der Waals surface area (Å²) >= 11 is 0. The fourth-order valence-electron chi connectivity index (χ4n) is 4.52. The number of hydrogen-bond donors (Lipinski definition) is 0. The predicted molar refractivity (Wildman–Crippen MR) is 90.9 cm³/mol. The molecule has 0 N–H and O–H groups in total. The van der Waals surface area contributed by atoms with Gasteiger partial charge in [-0.1, -0.05) is 54.8 Å². The van der Waals surface area contributed by atoms with Crippen LogP contribution in [-0.4, -0.2) is 12.6 Å². The zero-order valence-corrected chi connectivity index (χ0v) is 13.1. The maximum atomic E-state index is 12.3. The summed E-state index contributed by atoms with van der Waals surface area (Å²) in [6, 6.07) is 15.0. The quantitative estimate of drug-likeness (QED) is 0.624. The van der Waals surface area contributed by atoms with Gasteiger partial charge in [-0.3, -0.25) is 4.79 Å². The highest BCUT2D eigenvalue weighted by atomic mass is 16.5. The van der Waals surface area contributed by atoms with Crippen LogP contribution >= 0.6 is 0 Å². The molecule has 0 aromatic heterocycles. The Kier molecular flexibility index (Phi) is 3.38. The van der Waals surface area contributed by atoms with Crippen LogP contribution in [0.2, 0.25) is 0 Å². The normalized spacial score (nSPS) is 24.5. The van der Waals surface area contributed by atoms with Crippen LogP contribution in [0, 0.1) is 23.7 Å². The molecule has 0 aliphatic heterocycles. The van der Waals surface area contributed by atoms with E-state index in [2.05, 4.69) is 48.4 Å². The number of carbonyl (C=O) groups excluding carboxylic acids is 1. The van der Waals surface area contributed by atoms with Crippen molar-refractivity contribution < 1.29 is 9.53 Å². The van der Waals surface area contributed by atoms with Gasteiger partial charge in [0.05, 0.1) is 5.92 Å². The minimum absolute atomic E-state index is 0.0372. The highest BCUT2D eigenvalue weighted by Gasteiger charge is 2.59. The Morgan fingerprint density at radius 2 is 2.00 bits per heavy atom. The number of rotatable bonds is 3. The van der Waals surface area contributed by atoms with Crippen molar-refractivity contribution in [3.05, 3.63) is 48.0 Å². The molecule has 2 aliphatic rings. The van der Waals surface area contributed by atoms with Gasteiger partial charge >= 0.3 is 5.97 Å². The highest BCUT2D eigenvalue weighted by Crippen LogP contribution is 2.67. The Labute approximate surface area is 136 Å². The number of esters is 1. The first kappa shape index (κ1) is 14.3. The lowest BCUT2D eigenvalue weighted by Gasteiger charge is -2.60. The van der Waals surface area contributed by atoms with Crippen molar-refractivity contribution in [3.63, 3.8) is 0 Å². The van der Waals surface area contributed by atoms with Crippen LogP contribution in [0.4, 0.5) is 0 Å². The monoisotopic (exact) mass is 304 g/mol. The van der Waals surface area contributed by atoms with E-state index >= 15 is 0 Å². The fraction of sp³-hybridized carbons (Fsp3) is 0.381. The van der Waals surface area contributed by atoms with Crippen molar-refractivity contribution in [3.8, 4) is 12.3 Å². The lowest BCUT2D eigenvalue weighted by molar-refractivity contribution is -0.164. The first-order valence-corrected chi connectivity index (χ1v) is 8.32. The Morgan fingerprint density at radius 3 is 2.70 bits per heavy atom. The van der Waals surface area contributed by atoms with Gasteiger partial charge in [-0.15, -0.1) is 6.42 Å². The second-order valence-corrected chi connectivity index (χ2v) is 6.92. The molecular formula is C21H20O2. The van der Waals surface area contributed by atoms with E-state index in [9.17, 15) is 4.79 Å². The summed E-state index contributed by atoms with van der Waals surface area (Å²) < 4.78 is 5.22. The van der Waals surface area contributed by atoms with Crippen molar-refractivity contribution in [1.29, 1.82) is 0 Å². The van der Waals surface area contributed by atoms with Crippen LogP contribution in [0.3, 0.4) is 0 Å². The largest absolute Gasteiger partial charge is 0.452 e. The van der Waals surface area contributed by atoms with E-state index in [-0.39, 0.29) is 24.4 Å². The molecule has 0 radical (unpaired) electrons. The topological polar surface area (TPSA) is 26.3 Å². The molecule has 2 atom stereocenters. The molecule has 4 rings (SSSR count). The van der Waals surface area contributed by atoms with Gasteiger partial charge < -0.3 is 4.74 Å². The standard InChI is InChI=1S/C21H20O2/c1-2-12-23-20(22)18-14-21(10-5-11-21)19(18)17-9-8-15-6-3-4-7-16(15)13-17/h1,3-4,6-9,13,18-19H,5,10-12,14H2. The van der Waals surface area contributed by atoms with E-state index in [1.807, 2.05) is 0 Å². The molecule has 2 nitrogen and oxygen atoms in total. The number of terminal acetylenes is 1. The third-order valence-electron chi connectivity index (χ3n) is 5.77. The third-order valence-corrected chi connectivity index (χ3v) is 5.77. The Bertz CT molecular complexity index is 795. The average molecular weight is 304 g/mol. The Balaban J connectivity index is 1.67. The highest BCUT2D eigenvalue weighted by molar-refractivity contribution is 5.84. The summed E-state index contributed by atoms with van der Waals surface area (Å²) in [5.41, 5.74) is 1.60. The first-order chi connectivity index (χ1) is 11.2. The van der Waals surface area contributed by atoms with E-state index in [1.54, 1.807) is 0 Å². The number of hydrogen-bond acceptors (Lipinski definition) is 2. The molecule has 2 fully saturated rings. The van der Waals surface area contributed by atoms with Crippen LogP contribution in [0.25, 0.3) is 10.8 Å². The maximum absolute atomic E-state index is 12.3. The fourth-order valence-corrected chi connectivity index (χ4v) is 4.52. The molecule has 116 valence electrons. The van der Waals surface area contributed by atoms with Crippen LogP contribution in [-0.2, 0) is 9.53 Å². The minimum atomic E-state index is -0.126. The smallest absolute Gasteiger partial charge is 0.310 e. The summed E-state index contributed by atoms with van der Waals surface area (Å²) in [6.07, 6.45) is 9.89. The molecule has 1 spiro atoms. The Morgan fingerprint density at radius 1 is 1.22 bits per heavy atom. The number of ether oxygens (including phenoxy) is 1. The van der Waals surface area contributed by atoms with E-state index in [1.165, 1.54) is 35.6 Å². The molecule has 2 aliphatic carbocycles. The summed E-state index contributed by atoms with van der Waals surface area (Å²) in [4.78, 5) is 12.3. The van der Waals surface area contributed by atoms with E-state index in [0.717, 1.165) is 6.42 Å². The van der Waals surface area contributed by atoms with Gasteiger partial charge in [0.25, 0.3) is 0 Å². The molecule has 2 unspecified atom stereocenters. The second-order valence-electron chi connectivity index (χ2n) is 6.92. The Hall–Kier alpha value is -2.27. The summed E-state index contributed by atoms with van der Waals surface area (Å²) in [5, 5.41) is 2.48. The van der Waals surface area contributed by atoms with Crippen molar-refractivity contribution >= 4 is 16.7 Å². The minimum Gasteiger partial charge on any atom is -0.452 e. The SMILES string of the molecule is C#CCOC(=O)C1CC2(CCC2)C1c1ccc2ccccc2c1. The van der Waals surface area contributed by atoms with Crippen LogP contribution in [0.1, 0.15) is 37.2 Å². The summed E-state index contributed by atoms with van der Waals surface area (Å²) in [7, 11) is 0. The molecule has 2 aromatic rings. The van der Waals surface area contributed by atoms with Gasteiger partial charge in [0.2, 0.25) is 0 Å². The van der Waals surface area contributed by atoms with Crippen LogP contribution in [0.15, 0.2) is 42.5 Å². The molecule has 2 saturated carbocycles.